The number of hydrogen-bond donors (Lipinski definition) is 0. The summed E-state index contributed by atoms with van der Waals surface area (Å²) in [6.45, 7) is 2.79. The van der Waals surface area contributed by atoms with Gasteiger partial charge in [0.25, 0.3) is 10.0 Å². The number of hydrogen-bond acceptors (Lipinski definition) is 6. The van der Waals surface area contributed by atoms with Crippen LogP contribution in [-0.2, 0) is 17.1 Å². The average molecular weight is 414 g/mol. The molecule has 1 spiro atoms. The first-order valence-electron chi connectivity index (χ1n) is 9.78. The van der Waals surface area contributed by atoms with Crippen LogP contribution in [0.2, 0.25) is 0 Å². The summed E-state index contributed by atoms with van der Waals surface area (Å²) in [6, 6.07) is 9.73. The molecule has 1 aliphatic carbocycles. The monoisotopic (exact) mass is 413 g/mol. The number of imidazole rings is 1. The number of rotatable bonds is 4. The molecule has 8 nitrogen and oxygen atoms in total. The molecule has 1 atom stereocenters. The van der Waals surface area contributed by atoms with Gasteiger partial charge in [0, 0.05) is 37.8 Å². The molecule has 1 aliphatic heterocycles. The SMILES string of the molecule is Cc1nc(S(=O)(=O)N2CCC3(CC2)CC3c2nnc(-c3ccccc3)o2)cn1C. The molecule has 2 aromatic heterocycles. The molecule has 5 rings (SSSR count). The van der Waals surface area contributed by atoms with Gasteiger partial charge in [0.2, 0.25) is 11.8 Å². The molecule has 3 aromatic rings. The molecule has 0 radical (unpaired) electrons. The molecule has 1 unspecified atom stereocenters. The van der Waals surface area contributed by atoms with E-state index in [9.17, 15) is 8.42 Å². The van der Waals surface area contributed by atoms with Crippen molar-refractivity contribution in [3.8, 4) is 11.5 Å². The first kappa shape index (κ1) is 18.5. The van der Waals surface area contributed by atoms with Gasteiger partial charge in [-0.05, 0) is 43.7 Å². The van der Waals surface area contributed by atoms with E-state index in [0.29, 0.717) is 30.7 Å². The molecular formula is C20H23N5O3S. The summed E-state index contributed by atoms with van der Waals surface area (Å²) in [4.78, 5) is 4.20. The minimum absolute atomic E-state index is 0.0759. The Morgan fingerprint density at radius 1 is 1.14 bits per heavy atom. The Hall–Kier alpha value is -2.52. The zero-order chi connectivity index (χ0) is 20.2. The molecule has 152 valence electrons. The van der Waals surface area contributed by atoms with Crippen molar-refractivity contribution in [1.29, 1.82) is 0 Å². The summed E-state index contributed by atoms with van der Waals surface area (Å²) >= 11 is 0. The number of sulfonamides is 1. The number of nitrogens with zero attached hydrogens (tertiary/aromatic N) is 5. The van der Waals surface area contributed by atoms with Crippen LogP contribution in [0.3, 0.4) is 0 Å². The lowest BCUT2D eigenvalue weighted by Gasteiger charge is -2.31. The highest BCUT2D eigenvalue weighted by Crippen LogP contribution is 2.64. The van der Waals surface area contributed by atoms with E-state index < -0.39 is 10.0 Å². The van der Waals surface area contributed by atoms with Crippen molar-refractivity contribution in [2.45, 2.75) is 37.1 Å². The van der Waals surface area contributed by atoms with Crippen LogP contribution in [0.1, 0.15) is 36.9 Å². The molecular weight excluding hydrogens is 390 g/mol. The summed E-state index contributed by atoms with van der Waals surface area (Å²) in [5.74, 6) is 2.10. The van der Waals surface area contributed by atoms with Crippen LogP contribution in [0.4, 0.5) is 0 Å². The second kappa shape index (κ2) is 6.50. The lowest BCUT2D eigenvalue weighted by Crippen LogP contribution is -2.39. The molecule has 0 bridgehead atoms. The van der Waals surface area contributed by atoms with Gasteiger partial charge < -0.3 is 8.98 Å². The van der Waals surface area contributed by atoms with Crippen molar-refractivity contribution < 1.29 is 12.8 Å². The highest BCUT2D eigenvalue weighted by molar-refractivity contribution is 7.89. The zero-order valence-electron chi connectivity index (χ0n) is 16.4. The molecule has 0 amide bonds. The highest BCUT2D eigenvalue weighted by atomic mass is 32.2. The summed E-state index contributed by atoms with van der Waals surface area (Å²) in [5.41, 5.74) is 0.986. The summed E-state index contributed by atoms with van der Waals surface area (Å²) in [7, 11) is -1.75. The second-order valence-corrected chi connectivity index (χ2v) is 9.96. The smallest absolute Gasteiger partial charge is 0.262 e. The van der Waals surface area contributed by atoms with Crippen LogP contribution in [0.25, 0.3) is 11.5 Å². The van der Waals surface area contributed by atoms with Gasteiger partial charge in [-0.1, -0.05) is 18.2 Å². The van der Waals surface area contributed by atoms with Gasteiger partial charge in [0.05, 0.1) is 0 Å². The van der Waals surface area contributed by atoms with Crippen LogP contribution >= 0.6 is 0 Å². The van der Waals surface area contributed by atoms with E-state index in [4.69, 9.17) is 4.42 Å². The number of aryl methyl sites for hydroxylation is 2. The third kappa shape index (κ3) is 3.08. The Labute approximate surface area is 169 Å². The minimum atomic E-state index is -3.55. The van der Waals surface area contributed by atoms with Gasteiger partial charge in [-0.15, -0.1) is 10.2 Å². The second-order valence-electron chi connectivity index (χ2n) is 8.07. The predicted molar refractivity (Wildman–Crippen MR) is 105 cm³/mol. The normalized spacial score (nSPS) is 21.5. The highest BCUT2D eigenvalue weighted by Gasteiger charge is 2.59. The Morgan fingerprint density at radius 3 is 2.52 bits per heavy atom. The third-order valence-corrected chi connectivity index (χ3v) is 8.13. The zero-order valence-corrected chi connectivity index (χ0v) is 17.3. The van der Waals surface area contributed by atoms with E-state index in [1.54, 1.807) is 29.0 Å². The molecule has 2 fully saturated rings. The fraction of sp³-hybridized carbons (Fsp3) is 0.450. The van der Waals surface area contributed by atoms with Crippen LogP contribution in [-0.4, -0.2) is 45.6 Å². The van der Waals surface area contributed by atoms with Crippen molar-refractivity contribution in [2.75, 3.05) is 13.1 Å². The Balaban J connectivity index is 1.28. The quantitative estimate of drug-likeness (QED) is 0.653. The van der Waals surface area contributed by atoms with Crippen molar-refractivity contribution in [3.63, 3.8) is 0 Å². The summed E-state index contributed by atoms with van der Waals surface area (Å²) < 4.78 is 35.0. The lowest BCUT2D eigenvalue weighted by molar-refractivity contribution is 0.245. The van der Waals surface area contributed by atoms with E-state index in [-0.39, 0.29) is 16.4 Å². The van der Waals surface area contributed by atoms with E-state index in [2.05, 4.69) is 15.2 Å². The molecule has 1 saturated heterocycles. The maximum Gasteiger partial charge on any atom is 0.262 e. The minimum Gasteiger partial charge on any atom is -0.420 e. The number of aromatic nitrogens is 4. The molecule has 9 heteroatoms. The van der Waals surface area contributed by atoms with E-state index in [1.165, 1.54) is 0 Å². The maximum atomic E-state index is 12.9. The van der Waals surface area contributed by atoms with Crippen molar-refractivity contribution in [1.82, 2.24) is 24.1 Å². The van der Waals surface area contributed by atoms with Gasteiger partial charge in [-0.25, -0.2) is 13.4 Å². The summed E-state index contributed by atoms with van der Waals surface area (Å²) in [5, 5.41) is 8.60. The van der Waals surface area contributed by atoms with Gasteiger partial charge in [0.1, 0.15) is 5.82 Å². The van der Waals surface area contributed by atoms with E-state index >= 15 is 0 Å². The fourth-order valence-corrected chi connectivity index (χ4v) is 5.74. The standard InChI is InChI=1S/C20H23N5O3S/c1-14-21-17(13-24(14)2)29(26,27)25-10-8-20(9-11-25)12-16(20)19-23-22-18(28-19)15-6-4-3-5-7-15/h3-7,13,16H,8-12H2,1-2H3. The van der Waals surface area contributed by atoms with Crippen molar-refractivity contribution in [2.24, 2.45) is 12.5 Å². The molecule has 3 heterocycles. The molecule has 1 aromatic carbocycles. The Kier molecular flexibility index (Phi) is 4.15. The van der Waals surface area contributed by atoms with Gasteiger partial charge in [0.15, 0.2) is 5.03 Å². The average Bonchev–Trinajstić information content (AvgIpc) is 3.05. The fourth-order valence-electron chi connectivity index (χ4n) is 4.28. The topological polar surface area (TPSA) is 94.1 Å². The first-order valence-corrected chi connectivity index (χ1v) is 11.2. The first-order chi connectivity index (χ1) is 13.9. The lowest BCUT2D eigenvalue weighted by atomic mass is 9.92. The van der Waals surface area contributed by atoms with Crippen molar-refractivity contribution >= 4 is 10.0 Å². The van der Waals surface area contributed by atoms with Gasteiger partial charge in [-0.3, -0.25) is 0 Å². The molecule has 2 aliphatic rings. The van der Waals surface area contributed by atoms with Gasteiger partial charge >= 0.3 is 0 Å². The van der Waals surface area contributed by atoms with E-state index in [0.717, 1.165) is 24.8 Å². The molecule has 29 heavy (non-hydrogen) atoms. The van der Waals surface area contributed by atoms with Crippen molar-refractivity contribution in [3.05, 3.63) is 48.2 Å². The summed E-state index contributed by atoms with van der Waals surface area (Å²) in [6.07, 6.45) is 4.15. The van der Waals surface area contributed by atoms with E-state index in [1.807, 2.05) is 30.3 Å². The Morgan fingerprint density at radius 2 is 1.86 bits per heavy atom. The van der Waals surface area contributed by atoms with Crippen LogP contribution in [0.5, 0.6) is 0 Å². The largest absolute Gasteiger partial charge is 0.420 e. The third-order valence-electron chi connectivity index (χ3n) is 6.36. The van der Waals surface area contributed by atoms with Crippen LogP contribution in [0.15, 0.2) is 46.0 Å². The van der Waals surface area contributed by atoms with Crippen LogP contribution in [0, 0.1) is 12.3 Å². The number of benzene rings is 1. The molecule has 1 saturated carbocycles. The van der Waals surface area contributed by atoms with Gasteiger partial charge in [-0.2, -0.15) is 4.31 Å². The molecule has 0 N–H and O–H groups in total. The number of piperidine rings is 1. The predicted octanol–water partition coefficient (Wildman–Crippen LogP) is 2.74. The maximum absolute atomic E-state index is 12.9. The van der Waals surface area contributed by atoms with Crippen LogP contribution < -0.4 is 0 Å². The Bertz CT molecular complexity index is 1120.